The highest BCUT2D eigenvalue weighted by Gasteiger charge is 2.08. The summed E-state index contributed by atoms with van der Waals surface area (Å²) < 4.78 is 26.5. The van der Waals surface area contributed by atoms with Gasteiger partial charge in [0.2, 0.25) is 0 Å². The third-order valence-electron chi connectivity index (χ3n) is 2.21. The molecule has 0 aliphatic heterocycles. The number of halogens is 2. The highest BCUT2D eigenvalue weighted by atomic mass is 32.1. The molecule has 0 spiro atoms. The summed E-state index contributed by atoms with van der Waals surface area (Å²) in [6, 6.07) is 6.52. The van der Waals surface area contributed by atoms with Crippen molar-refractivity contribution in [3.63, 3.8) is 0 Å². The molecule has 0 aliphatic carbocycles. The van der Waals surface area contributed by atoms with Gasteiger partial charge in [0, 0.05) is 21.4 Å². The minimum Gasteiger partial charge on any atom is -0.478 e. The predicted molar refractivity (Wildman–Crippen MR) is 66.3 cm³/mol. The van der Waals surface area contributed by atoms with Gasteiger partial charge < -0.3 is 5.11 Å². The van der Waals surface area contributed by atoms with E-state index in [4.69, 9.17) is 5.11 Å². The first-order valence-electron chi connectivity index (χ1n) is 5.02. The summed E-state index contributed by atoms with van der Waals surface area (Å²) in [5.41, 5.74) is 0.176. The van der Waals surface area contributed by atoms with Crippen LogP contribution >= 0.6 is 11.3 Å². The van der Waals surface area contributed by atoms with Crippen LogP contribution in [0.15, 0.2) is 36.4 Å². The smallest absolute Gasteiger partial charge is 0.328 e. The zero-order chi connectivity index (χ0) is 13.1. The molecule has 0 radical (unpaired) electrons. The van der Waals surface area contributed by atoms with E-state index in [2.05, 4.69) is 0 Å². The summed E-state index contributed by atoms with van der Waals surface area (Å²) in [5.74, 6) is -2.07. The monoisotopic (exact) mass is 266 g/mol. The van der Waals surface area contributed by atoms with E-state index in [1.165, 1.54) is 17.4 Å². The van der Waals surface area contributed by atoms with Crippen LogP contribution in [-0.2, 0) is 4.79 Å². The van der Waals surface area contributed by atoms with Crippen LogP contribution in [0.25, 0.3) is 16.5 Å². The highest BCUT2D eigenvalue weighted by Crippen LogP contribution is 2.31. The van der Waals surface area contributed by atoms with Crippen LogP contribution in [-0.4, -0.2) is 11.1 Å². The largest absolute Gasteiger partial charge is 0.478 e. The van der Waals surface area contributed by atoms with Crippen molar-refractivity contribution in [1.29, 1.82) is 0 Å². The summed E-state index contributed by atoms with van der Waals surface area (Å²) in [4.78, 5) is 11.6. The quantitative estimate of drug-likeness (QED) is 0.858. The molecular weight excluding hydrogens is 258 g/mol. The summed E-state index contributed by atoms with van der Waals surface area (Å²) in [7, 11) is 0. The molecule has 0 bridgehead atoms. The molecular formula is C13H8F2O2S. The number of rotatable bonds is 3. The Balaban J connectivity index is 2.35. The van der Waals surface area contributed by atoms with E-state index < -0.39 is 17.6 Å². The van der Waals surface area contributed by atoms with Crippen molar-refractivity contribution in [2.45, 2.75) is 0 Å². The van der Waals surface area contributed by atoms with Crippen LogP contribution in [0.1, 0.15) is 4.88 Å². The Bertz CT molecular complexity index is 617. The van der Waals surface area contributed by atoms with E-state index in [-0.39, 0.29) is 5.56 Å². The van der Waals surface area contributed by atoms with E-state index in [0.717, 1.165) is 24.3 Å². The number of thiophene rings is 1. The van der Waals surface area contributed by atoms with Crippen molar-refractivity contribution in [2.24, 2.45) is 0 Å². The molecule has 1 N–H and O–H groups in total. The summed E-state index contributed by atoms with van der Waals surface area (Å²) >= 11 is 1.19. The molecule has 0 saturated heterocycles. The first-order chi connectivity index (χ1) is 8.56. The van der Waals surface area contributed by atoms with Crippen LogP contribution in [0.3, 0.4) is 0 Å². The molecule has 0 fully saturated rings. The van der Waals surface area contributed by atoms with Gasteiger partial charge in [0.1, 0.15) is 11.6 Å². The predicted octanol–water partition coefficient (Wildman–Crippen LogP) is 3.79. The lowest BCUT2D eigenvalue weighted by atomic mass is 10.2. The van der Waals surface area contributed by atoms with Crippen LogP contribution in [0.4, 0.5) is 8.78 Å². The maximum absolute atomic E-state index is 13.5. The van der Waals surface area contributed by atoms with Crippen molar-refractivity contribution in [2.75, 3.05) is 0 Å². The van der Waals surface area contributed by atoms with Crippen LogP contribution in [0.2, 0.25) is 0 Å². The van der Waals surface area contributed by atoms with Crippen molar-refractivity contribution >= 4 is 23.4 Å². The fourth-order valence-corrected chi connectivity index (χ4v) is 2.36. The minimum atomic E-state index is -1.05. The number of benzene rings is 1. The first-order valence-corrected chi connectivity index (χ1v) is 5.84. The molecule has 0 aliphatic rings. The molecule has 1 aromatic carbocycles. The number of carboxylic acids is 1. The lowest BCUT2D eigenvalue weighted by molar-refractivity contribution is -0.131. The number of hydrogen-bond donors (Lipinski definition) is 1. The Labute approximate surface area is 106 Å². The van der Waals surface area contributed by atoms with Gasteiger partial charge in [-0.25, -0.2) is 13.6 Å². The summed E-state index contributed by atoms with van der Waals surface area (Å²) in [6.45, 7) is 0. The van der Waals surface area contributed by atoms with Gasteiger partial charge in [-0.15, -0.1) is 11.3 Å². The Morgan fingerprint density at radius 3 is 2.72 bits per heavy atom. The molecule has 0 saturated carbocycles. The number of carboxylic acid groups (broad SMARTS) is 1. The molecule has 92 valence electrons. The third kappa shape index (κ3) is 2.81. The second kappa shape index (κ2) is 5.10. The van der Waals surface area contributed by atoms with Crippen molar-refractivity contribution in [3.8, 4) is 10.4 Å². The molecule has 18 heavy (non-hydrogen) atoms. The Morgan fingerprint density at radius 1 is 1.22 bits per heavy atom. The van der Waals surface area contributed by atoms with Gasteiger partial charge in [-0.3, -0.25) is 0 Å². The van der Waals surface area contributed by atoms with Gasteiger partial charge in [-0.1, -0.05) is 0 Å². The minimum absolute atomic E-state index is 0.176. The van der Waals surface area contributed by atoms with Gasteiger partial charge in [-0.2, -0.15) is 0 Å². The zero-order valence-corrected chi connectivity index (χ0v) is 9.88. The second-order valence-electron chi connectivity index (χ2n) is 3.50. The zero-order valence-electron chi connectivity index (χ0n) is 9.06. The fraction of sp³-hybridized carbons (Fsp3) is 0. The summed E-state index contributed by atoms with van der Waals surface area (Å²) in [6.07, 6.45) is 2.41. The fourth-order valence-electron chi connectivity index (χ4n) is 1.43. The van der Waals surface area contributed by atoms with Crippen LogP contribution in [0, 0.1) is 11.6 Å². The van der Waals surface area contributed by atoms with E-state index in [1.54, 1.807) is 12.1 Å². The topological polar surface area (TPSA) is 37.3 Å². The van der Waals surface area contributed by atoms with Gasteiger partial charge in [0.15, 0.2) is 0 Å². The molecule has 2 nitrogen and oxygen atoms in total. The van der Waals surface area contributed by atoms with Gasteiger partial charge in [0.25, 0.3) is 0 Å². The number of hydrogen-bond acceptors (Lipinski definition) is 2. The molecule has 2 aromatic rings. The average molecular weight is 266 g/mol. The van der Waals surface area contributed by atoms with E-state index >= 15 is 0 Å². The number of carbonyl (C=O) groups is 1. The SMILES string of the molecule is O=C(O)/C=C/c1ccc(-c2cc(F)ccc2F)s1. The van der Waals surface area contributed by atoms with Crippen molar-refractivity contribution in [3.05, 3.63) is 52.9 Å². The maximum atomic E-state index is 13.5. The van der Waals surface area contributed by atoms with E-state index in [9.17, 15) is 13.6 Å². The second-order valence-corrected chi connectivity index (χ2v) is 4.61. The Morgan fingerprint density at radius 2 is 2.00 bits per heavy atom. The Kier molecular flexibility index (Phi) is 3.53. The highest BCUT2D eigenvalue weighted by molar-refractivity contribution is 7.16. The molecule has 0 atom stereocenters. The van der Waals surface area contributed by atoms with Crippen molar-refractivity contribution < 1.29 is 18.7 Å². The van der Waals surface area contributed by atoms with E-state index in [1.807, 2.05) is 0 Å². The first kappa shape index (κ1) is 12.4. The molecule has 2 rings (SSSR count). The lowest BCUT2D eigenvalue weighted by Gasteiger charge is -1.99. The van der Waals surface area contributed by atoms with Crippen LogP contribution < -0.4 is 0 Å². The average Bonchev–Trinajstić information content (AvgIpc) is 2.78. The van der Waals surface area contributed by atoms with Gasteiger partial charge in [-0.05, 0) is 36.4 Å². The standard InChI is InChI=1S/C13H8F2O2S/c14-8-1-4-11(15)10(7-8)12-5-2-9(18-12)3-6-13(16)17/h1-7H,(H,16,17)/b6-3+. The molecule has 5 heteroatoms. The molecule has 0 unspecified atom stereocenters. The molecule has 1 aromatic heterocycles. The summed E-state index contributed by atoms with van der Waals surface area (Å²) in [5, 5.41) is 8.49. The normalized spacial score (nSPS) is 11.0. The van der Waals surface area contributed by atoms with Crippen LogP contribution in [0.5, 0.6) is 0 Å². The Hall–Kier alpha value is -2.01. The third-order valence-corrected chi connectivity index (χ3v) is 3.29. The van der Waals surface area contributed by atoms with Crippen molar-refractivity contribution in [1.82, 2.24) is 0 Å². The van der Waals surface area contributed by atoms with E-state index in [0.29, 0.717) is 9.75 Å². The molecule has 1 heterocycles. The van der Waals surface area contributed by atoms with Gasteiger partial charge >= 0.3 is 5.97 Å². The molecule has 0 amide bonds. The maximum Gasteiger partial charge on any atom is 0.328 e. The number of aliphatic carboxylic acids is 1. The lowest BCUT2D eigenvalue weighted by Crippen LogP contribution is -1.84. The van der Waals surface area contributed by atoms with Gasteiger partial charge in [0.05, 0.1) is 0 Å².